The van der Waals surface area contributed by atoms with Crippen molar-refractivity contribution in [2.24, 2.45) is 0 Å². The number of carbonyl (C=O) groups is 2. The Morgan fingerprint density at radius 3 is 2.30 bits per heavy atom. The zero-order valence-electron chi connectivity index (χ0n) is 18.7. The molecule has 0 saturated carbocycles. The van der Waals surface area contributed by atoms with Crippen LogP contribution in [0.25, 0.3) is 0 Å². The van der Waals surface area contributed by atoms with E-state index in [-0.39, 0.29) is 23.7 Å². The maximum absolute atomic E-state index is 12.8. The highest BCUT2D eigenvalue weighted by atomic mass is 16.6. The van der Waals surface area contributed by atoms with Gasteiger partial charge in [-0.1, -0.05) is 12.1 Å². The van der Waals surface area contributed by atoms with Crippen LogP contribution in [0.15, 0.2) is 48.5 Å². The van der Waals surface area contributed by atoms with E-state index < -0.39 is 28.7 Å². The van der Waals surface area contributed by atoms with Crippen molar-refractivity contribution in [2.75, 3.05) is 13.1 Å². The largest absolute Gasteiger partial charge is 0.456 e. The number of hydrogen-bond acceptors (Lipinski definition) is 7. The Labute approximate surface area is 191 Å². The molecule has 9 heteroatoms. The van der Waals surface area contributed by atoms with Crippen LogP contribution < -0.4 is 0 Å². The molecule has 0 bridgehead atoms. The van der Waals surface area contributed by atoms with E-state index in [0.29, 0.717) is 18.5 Å². The molecule has 33 heavy (non-hydrogen) atoms. The number of esters is 1. The standard InChI is InChI=1S/C24H25N3O6/c1-24(2,3)33-23(29)26-13-12-20(17-6-4-16(14-25)5-7-17)21(15-26)32-22(28)18-8-10-19(11-9-18)27(30)31/h4-11,20-21H,12-13,15H2,1-3H3. The van der Waals surface area contributed by atoms with Crippen molar-refractivity contribution in [1.29, 1.82) is 5.26 Å². The van der Waals surface area contributed by atoms with E-state index in [1.807, 2.05) is 12.1 Å². The molecule has 1 heterocycles. The summed E-state index contributed by atoms with van der Waals surface area (Å²) in [5.74, 6) is -0.835. The minimum atomic E-state index is -0.665. The summed E-state index contributed by atoms with van der Waals surface area (Å²) in [6.07, 6.45) is -0.623. The van der Waals surface area contributed by atoms with Crippen molar-refractivity contribution >= 4 is 17.7 Å². The van der Waals surface area contributed by atoms with Gasteiger partial charge in [0.25, 0.3) is 5.69 Å². The van der Waals surface area contributed by atoms with Gasteiger partial charge in [0, 0.05) is 24.6 Å². The molecule has 172 valence electrons. The van der Waals surface area contributed by atoms with Crippen molar-refractivity contribution in [3.8, 4) is 6.07 Å². The van der Waals surface area contributed by atoms with Gasteiger partial charge in [-0.3, -0.25) is 10.1 Å². The zero-order valence-corrected chi connectivity index (χ0v) is 18.7. The molecule has 2 atom stereocenters. The smallest absolute Gasteiger partial charge is 0.410 e. The molecule has 9 nitrogen and oxygen atoms in total. The number of amides is 1. The molecule has 2 unspecified atom stereocenters. The normalized spacial score (nSPS) is 18.2. The fourth-order valence-corrected chi connectivity index (χ4v) is 3.64. The van der Waals surface area contributed by atoms with E-state index >= 15 is 0 Å². The first-order chi connectivity index (χ1) is 15.6. The molecular weight excluding hydrogens is 426 g/mol. The predicted molar refractivity (Wildman–Crippen MR) is 119 cm³/mol. The van der Waals surface area contributed by atoms with Gasteiger partial charge in [0.15, 0.2) is 0 Å². The summed E-state index contributed by atoms with van der Waals surface area (Å²) < 4.78 is 11.3. The number of non-ortho nitro benzene ring substituents is 1. The summed E-state index contributed by atoms with van der Waals surface area (Å²) in [4.78, 5) is 37.2. The maximum atomic E-state index is 12.8. The molecule has 3 rings (SSSR count). The van der Waals surface area contributed by atoms with E-state index in [0.717, 1.165) is 5.56 Å². The van der Waals surface area contributed by atoms with Crippen LogP contribution in [0.4, 0.5) is 10.5 Å². The van der Waals surface area contributed by atoms with Crippen LogP contribution in [0.3, 0.4) is 0 Å². The molecule has 0 aromatic heterocycles. The van der Waals surface area contributed by atoms with E-state index in [9.17, 15) is 19.7 Å². The van der Waals surface area contributed by atoms with Crippen LogP contribution in [0, 0.1) is 21.4 Å². The Hall–Kier alpha value is -3.93. The summed E-state index contributed by atoms with van der Waals surface area (Å²) >= 11 is 0. The Balaban J connectivity index is 1.82. The second-order valence-corrected chi connectivity index (χ2v) is 8.80. The summed E-state index contributed by atoms with van der Waals surface area (Å²) in [5.41, 5.74) is 0.791. The number of hydrogen-bond donors (Lipinski definition) is 0. The first-order valence-electron chi connectivity index (χ1n) is 10.5. The third-order valence-corrected chi connectivity index (χ3v) is 5.25. The molecule has 1 aliphatic heterocycles. The lowest BCUT2D eigenvalue weighted by Crippen LogP contribution is -2.49. The summed E-state index contributed by atoms with van der Waals surface area (Å²) in [7, 11) is 0. The number of rotatable bonds is 4. The van der Waals surface area contributed by atoms with Gasteiger partial charge in [0.05, 0.1) is 28.7 Å². The molecule has 0 N–H and O–H groups in total. The topological polar surface area (TPSA) is 123 Å². The molecule has 2 aromatic rings. The van der Waals surface area contributed by atoms with Gasteiger partial charge in [-0.25, -0.2) is 9.59 Å². The van der Waals surface area contributed by atoms with Crippen LogP contribution >= 0.6 is 0 Å². The molecule has 2 aromatic carbocycles. The third kappa shape index (κ3) is 6.07. The third-order valence-electron chi connectivity index (χ3n) is 5.25. The predicted octanol–water partition coefficient (Wildman–Crippen LogP) is 4.42. The Morgan fingerprint density at radius 2 is 1.76 bits per heavy atom. The van der Waals surface area contributed by atoms with Gasteiger partial charge in [0.1, 0.15) is 11.7 Å². The fraction of sp³-hybridized carbons (Fsp3) is 0.375. The first kappa shape index (κ1) is 23.7. The number of benzene rings is 2. The summed E-state index contributed by atoms with van der Waals surface area (Å²) in [6, 6.07) is 14.3. The van der Waals surface area contributed by atoms with Crippen LogP contribution in [0.5, 0.6) is 0 Å². The molecule has 1 saturated heterocycles. The minimum Gasteiger partial charge on any atom is -0.456 e. The molecule has 0 spiro atoms. The summed E-state index contributed by atoms with van der Waals surface area (Å²) in [5, 5.41) is 19.9. The highest BCUT2D eigenvalue weighted by Gasteiger charge is 2.37. The van der Waals surface area contributed by atoms with Crippen molar-refractivity contribution in [2.45, 2.75) is 44.8 Å². The quantitative estimate of drug-likeness (QED) is 0.383. The number of piperidine rings is 1. The van der Waals surface area contributed by atoms with Crippen LogP contribution in [0.1, 0.15) is 54.6 Å². The van der Waals surface area contributed by atoms with E-state index in [4.69, 9.17) is 14.7 Å². The Morgan fingerprint density at radius 1 is 1.12 bits per heavy atom. The van der Waals surface area contributed by atoms with Gasteiger partial charge in [-0.15, -0.1) is 0 Å². The molecule has 0 aliphatic carbocycles. The van der Waals surface area contributed by atoms with Crippen LogP contribution in [-0.2, 0) is 9.47 Å². The minimum absolute atomic E-state index is 0.129. The average Bonchev–Trinajstić information content (AvgIpc) is 2.78. The van der Waals surface area contributed by atoms with E-state index in [2.05, 4.69) is 6.07 Å². The summed E-state index contributed by atoms with van der Waals surface area (Å²) in [6.45, 7) is 5.89. The maximum Gasteiger partial charge on any atom is 0.410 e. The van der Waals surface area contributed by atoms with Crippen LogP contribution in [0.2, 0.25) is 0 Å². The Bertz CT molecular complexity index is 1070. The molecule has 1 amide bonds. The number of likely N-dealkylation sites (tertiary alicyclic amines) is 1. The number of nitriles is 1. The molecule has 0 radical (unpaired) electrons. The fourth-order valence-electron chi connectivity index (χ4n) is 3.64. The zero-order chi connectivity index (χ0) is 24.2. The van der Waals surface area contributed by atoms with Gasteiger partial charge in [-0.05, 0) is 57.0 Å². The number of ether oxygens (including phenoxy) is 2. The van der Waals surface area contributed by atoms with Gasteiger partial charge in [0.2, 0.25) is 0 Å². The number of nitrogens with zero attached hydrogens (tertiary/aromatic N) is 3. The number of carbonyl (C=O) groups excluding carboxylic acids is 2. The second-order valence-electron chi connectivity index (χ2n) is 8.80. The van der Waals surface area contributed by atoms with Crippen molar-refractivity contribution in [1.82, 2.24) is 4.90 Å². The van der Waals surface area contributed by atoms with Crippen LogP contribution in [-0.4, -0.2) is 46.7 Å². The lowest BCUT2D eigenvalue weighted by molar-refractivity contribution is -0.384. The highest BCUT2D eigenvalue weighted by molar-refractivity contribution is 5.89. The van der Waals surface area contributed by atoms with Gasteiger partial charge in [-0.2, -0.15) is 5.26 Å². The lowest BCUT2D eigenvalue weighted by Gasteiger charge is -2.38. The first-order valence-corrected chi connectivity index (χ1v) is 10.5. The van der Waals surface area contributed by atoms with Crippen molar-refractivity contribution in [3.63, 3.8) is 0 Å². The molecule has 1 aliphatic rings. The van der Waals surface area contributed by atoms with Crippen molar-refractivity contribution in [3.05, 3.63) is 75.3 Å². The lowest BCUT2D eigenvalue weighted by atomic mass is 9.86. The number of nitro groups is 1. The SMILES string of the molecule is CC(C)(C)OC(=O)N1CCC(c2ccc(C#N)cc2)C(OC(=O)c2ccc([N+](=O)[O-])cc2)C1. The molecular formula is C24H25N3O6. The Kier molecular flexibility index (Phi) is 6.97. The molecule has 1 fully saturated rings. The van der Waals surface area contributed by atoms with Gasteiger partial charge >= 0.3 is 12.1 Å². The highest BCUT2D eigenvalue weighted by Crippen LogP contribution is 2.32. The van der Waals surface area contributed by atoms with Gasteiger partial charge < -0.3 is 14.4 Å². The monoisotopic (exact) mass is 451 g/mol. The van der Waals surface area contributed by atoms with Crippen molar-refractivity contribution < 1.29 is 24.0 Å². The number of nitro benzene ring substituents is 1. The second kappa shape index (κ2) is 9.69. The van der Waals surface area contributed by atoms with E-state index in [1.165, 1.54) is 29.2 Å². The average molecular weight is 451 g/mol. The van der Waals surface area contributed by atoms with E-state index in [1.54, 1.807) is 32.9 Å².